The summed E-state index contributed by atoms with van der Waals surface area (Å²) in [5.74, 6) is -0.237. The largest absolute Gasteiger partial charge is 0.381 e. The fourth-order valence-electron chi connectivity index (χ4n) is 4.24. The van der Waals surface area contributed by atoms with Crippen LogP contribution in [0.1, 0.15) is 56.9 Å². The average Bonchev–Trinajstić information content (AvgIpc) is 2.95. The van der Waals surface area contributed by atoms with Crippen molar-refractivity contribution >= 4 is 18.3 Å². The van der Waals surface area contributed by atoms with E-state index in [-0.39, 0.29) is 24.1 Å². The monoisotopic (exact) mass is 398 g/mol. The Morgan fingerprint density at radius 2 is 1.67 bits per heavy atom. The molecule has 0 unspecified atom stereocenters. The third kappa shape index (κ3) is 5.90. The van der Waals surface area contributed by atoms with Gasteiger partial charge in [0.25, 0.3) is 0 Å². The Balaban J connectivity index is 0.00000261. The minimum Gasteiger partial charge on any atom is -0.381 e. The molecule has 0 spiro atoms. The summed E-state index contributed by atoms with van der Waals surface area (Å²) in [4.78, 5) is 13.0. The fraction of sp³-hybridized carbons (Fsp3) is 0.667. The number of halogens is 2. The van der Waals surface area contributed by atoms with Crippen LogP contribution in [-0.4, -0.2) is 38.3 Å². The van der Waals surface area contributed by atoms with Crippen LogP contribution >= 0.6 is 12.4 Å². The Hall–Kier alpha value is -1.17. The molecular formula is C21H32ClFN2O2. The van der Waals surface area contributed by atoms with Crippen molar-refractivity contribution in [3.05, 3.63) is 35.6 Å². The molecule has 4 nitrogen and oxygen atoms in total. The van der Waals surface area contributed by atoms with E-state index in [0.29, 0.717) is 38.6 Å². The van der Waals surface area contributed by atoms with E-state index in [1.807, 2.05) is 0 Å². The van der Waals surface area contributed by atoms with Crippen molar-refractivity contribution in [1.82, 2.24) is 10.6 Å². The lowest BCUT2D eigenvalue weighted by Gasteiger charge is -2.36. The summed E-state index contributed by atoms with van der Waals surface area (Å²) in [6, 6.07) is 6.94. The molecule has 1 amide bonds. The minimum absolute atomic E-state index is 0. The normalized spacial score (nSPS) is 20.3. The third-order valence-electron chi connectivity index (χ3n) is 5.88. The van der Waals surface area contributed by atoms with Crippen LogP contribution in [0.3, 0.4) is 0 Å². The van der Waals surface area contributed by atoms with Crippen LogP contribution in [-0.2, 0) is 14.9 Å². The summed E-state index contributed by atoms with van der Waals surface area (Å²) in [6.07, 6.45) is 9.06. The highest BCUT2D eigenvalue weighted by molar-refractivity contribution is 5.88. The zero-order valence-electron chi connectivity index (χ0n) is 16.0. The van der Waals surface area contributed by atoms with Gasteiger partial charge in [0.05, 0.1) is 5.41 Å². The first-order valence-electron chi connectivity index (χ1n) is 10.1. The van der Waals surface area contributed by atoms with Crippen LogP contribution < -0.4 is 10.6 Å². The summed E-state index contributed by atoms with van der Waals surface area (Å²) >= 11 is 0. The molecule has 1 heterocycles. The van der Waals surface area contributed by atoms with Crippen LogP contribution in [0.5, 0.6) is 0 Å². The average molecular weight is 399 g/mol. The summed E-state index contributed by atoms with van der Waals surface area (Å²) in [6.45, 7) is 2.54. The SMILES string of the molecule is Cl.O=C(NCCNC1CCCCCC1)C1(c2ccc(F)cc2)CCOCC1. The van der Waals surface area contributed by atoms with Crippen molar-refractivity contribution in [2.24, 2.45) is 0 Å². The van der Waals surface area contributed by atoms with Gasteiger partial charge < -0.3 is 15.4 Å². The van der Waals surface area contributed by atoms with Crippen LogP contribution in [0.4, 0.5) is 4.39 Å². The summed E-state index contributed by atoms with van der Waals surface area (Å²) < 4.78 is 18.8. The Labute approximate surface area is 168 Å². The number of hydrogen-bond acceptors (Lipinski definition) is 3. The highest BCUT2D eigenvalue weighted by atomic mass is 35.5. The Kier molecular flexibility index (Phi) is 9.00. The molecule has 152 valence electrons. The van der Waals surface area contributed by atoms with Gasteiger partial charge in [-0.3, -0.25) is 4.79 Å². The summed E-state index contributed by atoms with van der Waals surface area (Å²) in [7, 11) is 0. The van der Waals surface area contributed by atoms with Crippen LogP contribution in [0.25, 0.3) is 0 Å². The van der Waals surface area contributed by atoms with Gasteiger partial charge in [-0.2, -0.15) is 0 Å². The zero-order valence-corrected chi connectivity index (χ0v) is 16.8. The van der Waals surface area contributed by atoms with Crippen molar-refractivity contribution in [2.45, 2.75) is 62.8 Å². The van der Waals surface area contributed by atoms with E-state index in [2.05, 4.69) is 10.6 Å². The maximum atomic E-state index is 13.3. The van der Waals surface area contributed by atoms with E-state index >= 15 is 0 Å². The van der Waals surface area contributed by atoms with E-state index in [0.717, 1.165) is 12.1 Å². The predicted octanol–water partition coefficient (Wildman–Crippen LogP) is 3.72. The van der Waals surface area contributed by atoms with Gasteiger partial charge in [-0.25, -0.2) is 4.39 Å². The van der Waals surface area contributed by atoms with Gasteiger partial charge in [0.15, 0.2) is 0 Å². The van der Waals surface area contributed by atoms with Crippen molar-refractivity contribution in [3.63, 3.8) is 0 Å². The Morgan fingerprint density at radius 3 is 2.30 bits per heavy atom. The molecule has 0 radical (unpaired) electrons. The molecule has 6 heteroatoms. The van der Waals surface area contributed by atoms with Crippen molar-refractivity contribution in [1.29, 1.82) is 0 Å². The molecule has 2 fully saturated rings. The molecule has 0 bridgehead atoms. The maximum absolute atomic E-state index is 13.3. The first-order valence-corrected chi connectivity index (χ1v) is 10.1. The molecule has 27 heavy (non-hydrogen) atoms. The van der Waals surface area contributed by atoms with E-state index < -0.39 is 5.41 Å². The molecule has 1 aliphatic carbocycles. The summed E-state index contributed by atoms with van der Waals surface area (Å²) in [5.41, 5.74) is 0.283. The van der Waals surface area contributed by atoms with Crippen molar-refractivity contribution in [2.75, 3.05) is 26.3 Å². The molecule has 1 aliphatic heterocycles. The van der Waals surface area contributed by atoms with E-state index in [1.54, 1.807) is 12.1 Å². The highest BCUT2D eigenvalue weighted by Crippen LogP contribution is 2.35. The number of carbonyl (C=O) groups is 1. The number of amides is 1. The lowest BCUT2D eigenvalue weighted by Crippen LogP contribution is -2.49. The molecular weight excluding hydrogens is 367 g/mol. The molecule has 2 N–H and O–H groups in total. The standard InChI is InChI=1S/C21H31FN2O2.ClH/c22-18-9-7-17(8-10-18)21(11-15-26-16-12-21)20(25)24-14-13-23-19-5-3-1-2-4-6-19;/h7-10,19,23H,1-6,11-16H2,(H,24,25);1H. The second-order valence-corrected chi connectivity index (χ2v) is 7.60. The van der Waals surface area contributed by atoms with E-state index in [9.17, 15) is 9.18 Å². The summed E-state index contributed by atoms with van der Waals surface area (Å²) in [5, 5.41) is 6.70. The van der Waals surface area contributed by atoms with Gasteiger partial charge in [-0.1, -0.05) is 37.8 Å². The van der Waals surface area contributed by atoms with E-state index in [4.69, 9.17) is 4.74 Å². The maximum Gasteiger partial charge on any atom is 0.230 e. The number of carbonyl (C=O) groups excluding carboxylic acids is 1. The Morgan fingerprint density at radius 1 is 1.04 bits per heavy atom. The fourth-order valence-corrected chi connectivity index (χ4v) is 4.24. The molecule has 3 rings (SSSR count). The van der Waals surface area contributed by atoms with Crippen LogP contribution in [0, 0.1) is 5.82 Å². The highest BCUT2D eigenvalue weighted by Gasteiger charge is 2.41. The van der Waals surface area contributed by atoms with Crippen molar-refractivity contribution < 1.29 is 13.9 Å². The van der Waals surface area contributed by atoms with Crippen LogP contribution in [0.15, 0.2) is 24.3 Å². The molecule has 1 saturated heterocycles. The number of benzene rings is 1. The van der Waals surface area contributed by atoms with Gasteiger partial charge in [0.1, 0.15) is 5.82 Å². The quantitative estimate of drug-likeness (QED) is 0.567. The minimum atomic E-state index is -0.603. The van der Waals surface area contributed by atoms with E-state index in [1.165, 1.54) is 50.7 Å². The molecule has 0 atom stereocenters. The first-order chi connectivity index (χ1) is 12.7. The van der Waals surface area contributed by atoms with Crippen LogP contribution in [0.2, 0.25) is 0 Å². The second kappa shape index (κ2) is 11.0. The van der Waals surface area contributed by atoms with Gasteiger partial charge in [0, 0.05) is 32.3 Å². The first kappa shape index (κ1) is 22.1. The molecule has 1 saturated carbocycles. The second-order valence-electron chi connectivity index (χ2n) is 7.60. The molecule has 2 aliphatic rings. The topological polar surface area (TPSA) is 50.4 Å². The van der Waals surface area contributed by atoms with Gasteiger partial charge >= 0.3 is 0 Å². The third-order valence-corrected chi connectivity index (χ3v) is 5.88. The zero-order chi connectivity index (χ0) is 18.2. The number of ether oxygens (including phenoxy) is 1. The number of rotatable bonds is 6. The lowest BCUT2D eigenvalue weighted by molar-refractivity contribution is -0.130. The molecule has 0 aromatic heterocycles. The van der Waals surface area contributed by atoms with Crippen molar-refractivity contribution in [3.8, 4) is 0 Å². The number of hydrogen-bond donors (Lipinski definition) is 2. The number of nitrogens with one attached hydrogen (secondary N) is 2. The smallest absolute Gasteiger partial charge is 0.230 e. The van der Waals surface area contributed by atoms with Gasteiger partial charge in [-0.15, -0.1) is 12.4 Å². The lowest BCUT2D eigenvalue weighted by atomic mass is 9.73. The molecule has 1 aromatic rings. The predicted molar refractivity (Wildman–Crippen MR) is 108 cm³/mol. The Bertz CT molecular complexity index is 568. The molecule has 1 aromatic carbocycles. The van der Waals surface area contributed by atoms with Gasteiger partial charge in [-0.05, 0) is 43.4 Å². The van der Waals surface area contributed by atoms with Gasteiger partial charge in [0.2, 0.25) is 5.91 Å².